The number of nitrogens with one attached hydrogen (secondary N) is 1. The zero-order valence-corrected chi connectivity index (χ0v) is 11.8. The molecule has 1 N–H and O–H groups in total. The van der Waals surface area contributed by atoms with E-state index in [9.17, 15) is 0 Å². The maximum atomic E-state index is 5.00. The predicted molar refractivity (Wildman–Crippen MR) is 74.6 cm³/mol. The van der Waals surface area contributed by atoms with Crippen LogP contribution >= 0.6 is 23.1 Å². The zero-order chi connectivity index (χ0) is 11.6. The number of hydrogen-bond acceptors (Lipinski definition) is 4. The first-order chi connectivity index (χ1) is 7.83. The van der Waals surface area contributed by atoms with Crippen molar-refractivity contribution in [2.45, 2.75) is 19.9 Å². The molecule has 0 unspecified atom stereocenters. The molecule has 0 aliphatic heterocycles. The van der Waals surface area contributed by atoms with Crippen molar-refractivity contribution in [1.82, 2.24) is 5.32 Å². The molecule has 1 heterocycles. The Morgan fingerprint density at radius 3 is 2.94 bits per heavy atom. The smallest absolute Gasteiger partial charge is 0.0470 e. The van der Waals surface area contributed by atoms with E-state index in [0.717, 1.165) is 26.1 Å². The van der Waals surface area contributed by atoms with Gasteiger partial charge in [-0.05, 0) is 31.2 Å². The summed E-state index contributed by atoms with van der Waals surface area (Å²) in [5.74, 6) is 2.39. The van der Waals surface area contributed by atoms with Crippen molar-refractivity contribution in [2.75, 3.05) is 31.8 Å². The summed E-state index contributed by atoms with van der Waals surface area (Å²) in [7, 11) is 1.76. The number of ether oxygens (including phenoxy) is 1. The summed E-state index contributed by atoms with van der Waals surface area (Å²) < 4.78 is 5.00. The molecule has 92 valence electrons. The van der Waals surface area contributed by atoms with Crippen LogP contribution in [0, 0.1) is 6.92 Å². The van der Waals surface area contributed by atoms with Gasteiger partial charge in [0, 0.05) is 42.3 Å². The molecule has 2 nitrogen and oxygen atoms in total. The van der Waals surface area contributed by atoms with E-state index in [0.29, 0.717) is 0 Å². The van der Waals surface area contributed by atoms with Gasteiger partial charge in [0.1, 0.15) is 0 Å². The Balaban J connectivity index is 1.88. The van der Waals surface area contributed by atoms with Crippen LogP contribution in [0.5, 0.6) is 0 Å². The number of thioether (sulfide) groups is 1. The highest BCUT2D eigenvalue weighted by Crippen LogP contribution is 2.14. The molecule has 0 atom stereocenters. The summed E-state index contributed by atoms with van der Waals surface area (Å²) >= 11 is 3.87. The first-order valence-electron chi connectivity index (χ1n) is 5.65. The summed E-state index contributed by atoms with van der Waals surface area (Å²) in [5, 5.41) is 3.46. The van der Waals surface area contributed by atoms with E-state index in [1.807, 2.05) is 23.1 Å². The monoisotopic (exact) mass is 259 g/mol. The third-order valence-corrected chi connectivity index (χ3v) is 4.23. The molecule has 0 saturated heterocycles. The molecule has 4 heteroatoms. The molecule has 0 radical (unpaired) electrons. The van der Waals surface area contributed by atoms with E-state index in [2.05, 4.69) is 24.4 Å². The van der Waals surface area contributed by atoms with Crippen LogP contribution < -0.4 is 5.32 Å². The lowest BCUT2D eigenvalue weighted by Gasteiger charge is -2.03. The SMILES string of the molecule is COCCCSCCNCc1ccc(C)s1. The van der Waals surface area contributed by atoms with Crippen LogP contribution in [0.4, 0.5) is 0 Å². The highest BCUT2D eigenvalue weighted by Gasteiger charge is 1.95. The van der Waals surface area contributed by atoms with Crippen molar-refractivity contribution in [3.63, 3.8) is 0 Å². The molecule has 0 fully saturated rings. The molecule has 1 rings (SSSR count). The Morgan fingerprint density at radius 2 is 2.25 bits per heavy atom. The average Bonchev–Trinajstić information content (AvgIpc) is 2.68. The number of rotatable bonds is 9. The van der Waals surface area contributed by atoms with E-state index in [-0.39, 0.29) is 0 Å². The van der Waals surface area contributed by atoms with Crippen LogP contribution in [-0.2, 0) is 11.3 Å². The topological polar surface area (TPSA) is 21.3 Å². The first kappa shape index (κ1) is 14.0. The normalized spacial score (nSPS) is 10.9. The third kappa shape index (κ3) is 6.53. The van der Waals surface area contributed by atoms with Crippen LogP contribution in [0.15, 0.2) is 12.1 Å². The van der Waals surface area contributed by atoms with Crippen LogP contribution in [0.3, 0.4) is 0 Å². The molecule has 0 aromatic carbocycles. The van der Waals surface area contributed by atoms with E-state index < -0.39 is 0 Å². The third-order valence-electron chi connectivity index (χ3n) is 2.16. The van der Waals surface area contributed by atoms with Crippen molar-refractivity contribution in [1.29, 1.82) is 0 Å². The Kier molecular flexibility index (Phi) is 7.93. The van der Waals surface area contributed by atoms with E-state index in [1.165, 1.54) is 21.3 Å². The minimum absolute atomic E-state index is 0.884. The van der Waals surface area contributed by atoms with E-state index in [1.54, 1.807) is 7.11 Å². The molecule has 0 aliphatic rings. The highest BCUT2D eigenvalue weighted by atomic mass is 32.2. The summed E-state index contributed by atoms with van der Waals surface area (Å²) in [6, 6.07) is 4.39. The average molecular weight is 259 g/mol. The van der Waals surface area contributed by atoms with Gasteiger partial charge in [0.2, 0.25) is 0 Å². The molecule has 0 spiro atoms. The van der Waals surface area contributed by atoms with E-state index >= 15 is 0 Å². The molecule has 1 aromatic heterocycles. The van der Waals surface area contributed by atoms with Gasteiger partial charge in [-0.2, -0.15) is 11.8 Å². The Hall–Kier alpha value is -0.0300. The Morgan fingerprint density at radius 1 is 1.38 bits per heavy atom. The first-order valence-corrected chi connectivity index (χ1v) is 7.63. The highest BCUT2D eigenvalue weighted by molar-refractivity contribution is 7.99. The molecule has 0 saturated carbocycles. The second kappa shape index (κ2) is 9.05. The summed E-state index contributed by atoms with van der Waals surface area (Å²) in [6.45, 7) is 5.14. The molecule has 0 amide bonds. The molecule has 0 bridgehead atoms. The predicted octanol–water partition coefficient (Wildman–Crippen LogP) is 2.92. The van der Waals surface area contributed by atoms with Crippen molar-refractivity contribution in [3.8, 4) is 0 Å². The number of hydrogen-bond donors (Lipinski definition) is 1. The molecule has 16 heavy (non-hydrogen) atoms. The fourth-order valence-corrected chi connectivity index (χ4v) is 3.02. The van der Waals surface area contributed by atoms with Gasteiger partial charge in [-0.3, -0.25) is 0 Å². The van der Waals surface area contributed by atoms with Crippen molar-refractivity contribution in [3.05, 3.63) is 21.9 Å². The van der Waals surface area contributed by atoms with Crippen LogP contribution in [0.25, 0.3) is 0 Å². The minimum atomic E-state index is 0.884. The summed E-state index contributed by atoms with van der Waals surface area (Å²) in [4.78, 5) is 2.83. The molecular weight excluding hydrogens is 238 g/mol. The van der Waals surface area contributed by atoms with Crippen LogP contribution in [0.2, 0.25) is 0 Å². The van der Waals surface area contributed by atoms with Gasteiger partial charge >= 0.3 is 0 Å². The minimum Gasteiger partial charge on any atom is -0.385 e. The number of methoxy groups -OCH3 is 1. The number of aryl methyl sites for hydroxylation is 1. The fraction of sp³-hybridized carbons (Fsp3) is 0.667. The van der Waals surface area contributed by atoms with Gasteiger partial charge in [0.05, 0.1) is 0 Å². The summed E-state index contributed by atoms with van der Waals surface area (Å²) in [5.41, 5.74) is 0. The van der Waals surface area contributed by atoms with Gasteiger partial charge in [-0.15, -0.1) is 11.3 Å². The lowest BCUT2D eigenvalue weighted by Crippen LogP contribution is -2.16. The van der Waals surface area contributed by atoms with Crippen molar-refractivity contribution < 1.29 is 4.74 Å². The van der Waals surface area contributed by atoms with Crippen molar-refractivity contribution in [2.24, 2.45) is 0 Å². The molecule has 1 aromatic rings. The van der Waals surface area contributed by atoms with Gasteiger partial charge in [-0.25, -0.2) is 0 Å². The standard InChI is InChI=1S/C12H21NOS2/c1-11-4-5-12(16-11)10-13-6-9-15-8-3-7-14-2/h4-5,13H,3,6-10H2,1-2H3. The maximum Gasteiger partial charge on any atom is 0.0470 e. The van der Waals surface area contributed by atoms with Gasteiger partial charge in [0.15, 0.2) is 0 Å². The second-order valence-corrected chi connectivity index (χ2v) is 6.25. The molecular formula is C12H21NOS2. The number of thiophene rings is 1. The van der Waals surface area contributed by atoms with E-state index in [4.69, 9.17) is 4.74 Å². The van der Waals surface area contributed by atoms with Crippen molar-refractivity contribution >= 4 is 23.1 Å². The van der Waals surface area contributed by atoms with Gasteiger partial charge < -0.3 is 10.1 Å². The summed E-state index contributed by atoms with van der Waals surface area (Å²) in [6.07, 6.45) is 1.16. The van der Waals surface area contributed by atoms with Gasteiger partial charge in [0.25, 0.3) is 0 Å². The Labute approximate surface area is 107 Å². The van der Waals surface area contributed by atoms with Crippen LogP contribution in [0.1, 0.15) is 16.2 Å². The lowest BCUT2D eigenvalue weighted by molar-refractivity contribution is 0.200. The van der Waals surface area contributed by atoms with Crippen LogP contribution in [-0.4, -0.2) is 31.8 Å². The zero-order valence-electron chi connectivity index (χ0n) is 10.1. The Bertz CT molecular complexity index is 276. The molecule has 0 aliphatic carbocycles. The fourth-order valence-electron chi connectivity index (χ4n) is 1.34. The van der Waals surface area contributed by atoms with Gasteiger partial charge in [-0.1, -0.05) is 0 Å². The lowest BCUT2D eigenvalue weighted by atomic mass is 10.4. The second-order valence-electron chi connectivity index (χ2n) is 3.65. The largest absolute Gasteiger partial charge is 0.385 e. The quantitative estimate of drug-likeness (QED) is 0.689. The maximum absolute atomic E-state index is 5.00.